The van der Waals surface area contributed by atoms with E-state index in [0.717, 1.165) is 17.3 Å². The Hall–Kier alpha value is -3.58. The second-order valence-corrected chi connectivity index (χ2v) is 14.2. The standard InChI is InChI=1S/C33H41ClFN5O5S/c1-20(2)30(23-8-10-24(34)11-9-23)31(39-33(42)45-5)32(41)38-29-19-37-18-28(35)27(29)15-12-25-17-36-16-22(4)40(25)46(43,44)26-13-6-21(3)7-14-26/h6-11,13-14,18-20,22,25,30-31,36H,12,15-17H2,1-5H3,(H,38,41)(H,39,42)/t22-,25-,30+,31-/m0/s1. The van der Waals surface area contributed by atoms with E-state index in [1.165, 1.54) is 17.6 Å². The van der Waals surface area contributed by atoms with Crippen LogP contribution in [0.5, 0.6) is 0 Å². The average molecular weight is 674 g/mol. The van der Waals surface area contributed by atoms with E-state index < -0.39 is 45.8 Å². The van der Waals surface area contributed by atoms with Crippen molar-refractivity contribution in [3.8, 4) is 0 Å². The SMILES string of the molecule is COC(=O)N[C@H](C(=O)Nc1cncc(F)c1CC[C@H]1CNC[C@H](C)N1S(=O)(=O)c1ccc(C)cc1)[C@@H](c1ccc(Cl)cc1)C(C)C. The van der Waals surface area contributed by atoms with Crippen LogP contribution >= 0.6 is 11.6 Å². The van der Waals surface area contributed by atoms with Crippen LogP contribution in [0.1, 0.15) is 49.8 Å². The summed E-state index contributed by atoms with van der Waals surface area (Å²) in [4.78, 5) is 30.4. The Morgan fingerprint density at radius 3 is 2.41 bits per heavy atom. The van der Waals surface area contributed by atoms with Crippen molar-refractivity contribution in [3.63, 3.8) is 0 Å². The van der Waals surface area contributed by atoms with E-state index in [9.17, 15) is 18.0 Å². The highest BCUT2D eigenvalue weighted by atomic mass is 35.5. The molecule has 1 fully saturated rings. The first-order valence-corrected chi connectivity index (χ1v) is 17.0. The predicted octanol–water partition coefficient (Wildman–Crippen LogP) is 5.27. The summed E-state index contributed by atoms with van der Waals surface area (Å²) in [5.74, 6) is -1.83. The fraction of sp³-hybridized carbons (Fsp3) is 0.424. The van der Waals surface area contributed by atoms with Crippen LogP contribution in [0.4, 0.5) is 14.9 Å². The number of alkyl carbamates (subject to hydrolysis) is 1. The minimum absolute atomic E-state index is 0.110. The first kappa shape index (κ1) is 35.3. The molecule has 2 amide bonds. The molecule has 4 rings (SSSR count). The molecular formula is C33H41ClFN5O5S. The molecule has 0 radical (unpaired) electrons. The second-order valence-electron chi connectivity index (χ2n) is 11.9. The zero-order valence-electron chi connectivity index (χ0n) is 26.6. The summed E-state index contributed by atoms with van der Waals surface area (Å²) in [6, 6.07) is 11.8. The Kier molecular flexibility index (Phi) is 11.8. The highest BCUT2D eigenvalue weighted by molar-refractivity contribution is 7.89. The molecule has 10 nitrogen and oxygen atoms in total. The van der Waals surface area contributed by atoms with Crippen LogP contribution in [0, 0.1) is 18.7 Å². The number of aryl methyl sites for hydroxylation is 1. The first-order chi connectivity index (χ1) is 21.8. The largest absolute Gasteiger partial charge is 0.453 e. The lowest BCUT2D eigenvalue weighted by Gasteiger charge is -2.40. The number of hydrogen-bond acceptors (Lipinski definition) is 7. The third-order valence-corrected chi connectivity index (χ3v) is 10.6. The third kappa shape index (κ3) is 8.22. The number of nitrogens with one attached hydrogen (secondary N) is 3. The van der Waals surface area contributed by atoms with Gasteiger partial charge in [0.05, 0.1) is 30.1 Å². The number of carbonyl (C=O) groups is 2. The topological polar surface area (TPSA) is 130 Å². The molecule has 13 heteroatoms. The van der Waals surface area contributed by atoms with Crippen LogP contribution in [-0.2, 0) is 26.0 Å². The molecule has 0 bridgehead atoms. The first-order valence-electron chi connectivity index (χ1n) is 15.2. The van der Waals surface area contributed by atoms with E-state index in [2.05, 4.69) is 20.9 Å². The molecule has 46 heavy (non-hydrogen) atoms. The van der Waals surface area contributed by atoms with Gasteiger partial charge in [-0.25, -0.2) is 17.6 Å². The van der Waals surface area contributed by atoms with Crippen LogP contribution in [0.3, 0.4) is 0 Å². The number of nitrogens with zero attached hydrogens (tertiary/aromatic N) is 2. The summed E-state index contributed by atoms with van der Waals surface area (Å²) in [6.07, 6.45) is 1.99. The maximum atomic E-state index is 15.4. The number of methoxy groups -OCH3 is 1. The van der Waals surface area contributed by atoms with Crippen molar-refractivity contribution in [3.05, 3.63) is 88.5 Å². The van der Waals surface area contributed by atoms with Gasteiger partial charge in [-0.15, -0.1) is 0 Å². The van der Waals surface area contributed by atoms with Crippen molar-refractivity contribution >= 4 is 39.3 Å². The van der Waals surface area contributed by atoms with E-state index in [0.29, 0.717) is 18.1 Å². The van der Waals surface area contributed by atoms with E-state index in [1.807, 2.05) is 27.7 Å². The van der Waals surface area contributed by atoms with Gasteiger partial charge in [0.15, 0.2) is 0 Å². The van der Waals surface area contributed by atoms with Gasteiger partial charge in [0, 0.05) is 41.7 Å². The molecule has 2 heterocycles. The fourth-order valence-corrected chi connectivity index (χ4v) is 7.96. The Morgan fingerprint density at radius 2 is 1.78 bits per heavy atom. The smallest absolute Gasteiger partial charge is 0.407 e. The van der Waals surface area contributed by atoms with E-state index in [-0.39, 0.29) is 40.9 Å². The molecule has 0 aliphatic carbocycles. The number of sulfonamides is 1. The third-order valence-electron chi connectivity index (χ3n) is 8.27. The maximum Gasteiger partial charge on any atom is 0.407 e. The summed E-state index contributed by atoms with van der Waals surface area (Å²) in [5, 5.41) is 9.23. The number of rotatable bonds is 11. The fourth-order valence-electron chi connectivity index (χ4n) is 5.99. The quantitative estimate of drug-likeness (QED) is 0.253. The number of anilines is 1. The number of piperazine rings is 1. The molecule has 1 saturated heterocycles. The molecule has 0 spiro atoms. The van der Waals surface area contributed by atoms with Crippen molar-refractivity contribution < 1.29 is 27.1 Å². The molecule has 4 atom stereocenters. The molecule has 0 saturated carbocycles. The number of halogens is 2. The molecule has 2 aromatic carbocycles. The molecule has 0 unspecified atom stereocenters. The zero-order valence-corrected chi connectivity index (χ0v) is 28.2. The van der Waals surface area contributed by atoms with Gasteiger partial charge in [-0.3, -0.25) is 9.78 Å². The van der Waals surface area contributed by atoms with Gasteiger partial charge in [0.2, 0.25) is 15.9 Å². The molecule has 1 aliphatic rings. The van der Waals surface area contributed by atoms with Crippen molar-refractivity contribution in [1.29, 1.82) is 0 Å². The Morgan fingerprint density at radius 1 is 1.11 bits per heavy atom. The molecular weight excluding hydrogens is 633 g/mol. The van der Waals surface area contributed by atoms with Gasteiger partial charge in [-0.2, -0.15) is 4.31 Å². The van der Waals surface area contributed by atoms with Crippen LogP contribution in [0.15, 0.2) is 65.8 Å². The summed E-state index contributed by atoms with van der Waals surface area (Å²) in [6.45, 7) is 8.43. The van der Waals surface area contributed by atoms with Crippen molar-refractivity contribution in [2.75, 3.05) is 25.5 Å². The normalized spacial score (nSPS) is 18.5. The Labute approximate surface area is 275 Å². The zero-order chi connectivity index (χ0) is 33.6. The van der Waals surface area contributed by atoms with Gasteiger partial charge in [0.25, 0.3) is 0 Å². The minimum atomic E-state index is -3.84. The van der Waals surface area contributed by atoms with Gasteiger partial charge in [-0.05, 0) is 62.4 Å². The van der Waals surface area contributed by atoms with Gasteiger partial charge in [-0.1, -0.05) is 55.3 Å². The Balaban J connectivity index is 1.61. The monoisotopic (exact) mass is 673 g/mol. The van der Waals surface area contributed by atoms with Crippen LogP contribution in [0.2, 0.25) is 5.02 Å². The summed E-state index contributed by atoms with van der Waals surface area (Å²) < 4.78 is 49.2. The molecule has 3 aromatic rings. The Bertz CT molecular complexity index is 1620. The van der Waals surface area contributed by atoms with E-state index in [1.54, 1.807) is 48.5 Å². The lowest BCUT2D eigenvalue weighted by atomic mass is 9.82. The summed E-state index contributed by atoms with van der Waals surface area (Å²) >= 11 is 6.10. The maximum absolute atomic E-state index is 15.4. The molecule has 1 aliphatic heterocycles. The second kappa shape index (κ2) is 15.3. The average Bonchev–Trinajstić information content (AvgIpc) is 3.01. The lowest BCUT2D eigenvalue weighted by Crippen LogP contribution is -2.58. The van der Waals surface area contributed by atoms with Crippen LogP contribution in [-0.4, -0.2) is 68.0 Å². The van der Waals surface area contributed by atoms with Gasteiger partial charge >= 0.3 is 6.09 Å². The van der Waals surface area contributed by atoms with Gasteiger partial charge < -0.3 is 20.7 Å². The van der Waals surface area contributed by atoms with E-state index in [4.69, 9.17) is 16.3 Å². The number of hydrogen-bond donors (Lipinski definition) is 3. The number of pyridine rings is 1. The van der Waals surface area contributed by atoms with Crippen LogP contribution in [0.25, 0.3) is 0 Å². The number of benzene rings is 2. The van der Waals surface area contributed by atoms with Crippen molar-refractivity contribution in [1.82, 2.24) is 19.9 Å². The van der Waals surface area contributed by atoms with Crippen molar-refractivity contribution in [2.24, 2.45) is 5.92 Å². The summed E-state index contributed by atoms with van der Waals surface area (Å²) in [7, 11) is -2.63. The number of amides is 2. The lowest BCUT2D eigenvalue weighted by molar-refractivity contribution is -0.118. The minimum Gasteiger partial charge on any atom is -0.453 e. The molecule has 1 aromatic heterocycles. The molecule has 3 N–H and O–H groups in total. The highest BCUT2D eigenvalue weighted by Gasteiger charge is 2.38. The highest BCUT2D eigenvalue weighted by Crippen LogP contribution is 2.32. The van der Waals surface area contributed by atoms with Crippen molar-refractivity contribution in [2.45, 2.75) is 69.5 Å². The summed E-state index contributed by atoms with van der Waals surface area (Å²) in [5.41, 5.74) is 2.02. The predicted molar refractivity (Wildman–Crippen MR) is 176 cm³/mol. The number of aromatic nitrogens is 1. The van der Waals surface area contributed by atoms with E-state index >= 15 is 4.39 Å². The number of carbonyl (C=O) groups excluding carboxylic acids is 2. The van der Waals surface area contributed by atoms with Gasteiger partial charge in [0.1, 0.15) is 11.9 Å². The molecule has 248 valence electrons. The van der Waals surface area contributed by atoms with Crippen LogP contribution < -0.4 is 16.0 Å². The number of ether oxygens (including phenoxy) is 1.